The molecule has 0 unspecified atom stereocenters. The molecule has 0 bridgehead atoms. The van der Waals surface area contributed by atoms with E-state index in [-0.39, 0.29) is 5.97 Å². The van der Waals surface area contributed by atoms with Crippen molar-refractivity contribution in [1.82, 2.24) is 0 Å². The Morgan fingerprint density at radius 1 is 1.40 bits per heavy atom. The van der Waals surface area contributed by atoms with Gasteiger partial charge in [0.05, 0.1) is 19.5 Å². The van der Waals surface area contributed by atoms with E-state index in [9.17, 15) is 4.79 Å². The molecule has 86 valence electrons. The second kappa shape index (κ2) is 5.28. The van der Waals surface area contributed by atoms with E-state index >= 15 is 0 Å². The third-order valence-electron chi connectivity index (χ3n) is 2.30. The van der Waals surface area contributed by atoms with Crippen LogP contribution in [-0.2, 0) is 19.0 Å². The second-order valence-corrected chi connectivity index (χ2v) is 3.90. The maximum atomic E-state index is 10.6. The average molecular weight is 214 g/mol. The lowest BCUT2D eigenvalue weighted by Gasteiger charge is -2.21. The topological polar surface area (TPSA) is 44.8 Å². The summed E-state index contributed by atoms with van der Waals surface area (Å²) in [5.41, 5.74) is 1.01. The van der Waals surface area contributed by atoms with Crippen LogP contribution < -0.4 is 0 Å². The lowest BCUT2D eigenvalue weighted by atomic mass is 10.1. The molecule has 0 aromatic heterocycles. The minimum atomic E-state index is -0.467. The van der Waals surface area contributed by atoms with E-state index in [1.54, 1.807) is 0 Å². The highest BCUT2D eigenvalue weighted by Gasteiger charge is 2.30. The Kier molecular flexibility index (Phi) is 4.29. The zero-order valence-corrected chi connectivity index (χ0v) is 9.54. The van der Waals surface area contributed by atoms with Crippen molar-refractivity contribution in [2.24, 2.45) is 0 Å². The van der Waals surface area contributed by atoms with E-state index in [2.05, 4.69) is 0 Å². The van der Waals surface area contributed by atoms with Crippen molar-refractivity contribution in [3.05, 3.63) is 11.8 Å². The van der Waals surface area contributed by atoms with Gasteiger partial charge in [-0.3, -0.25) is 4.79 Å². The highest BCUT2D eigenvalue weighted by Crippen LogP contribution is 2.25. The first-order valence-electron chi connectivity index (χ1n) is 5.13. The van der Waals surface area contributed by atoms with E-state index < -0.39 is 5.79 Å². The molecule has 4 nitrogen and oxygen atoms in total. The van der Waals surface area contributed by atoms with Gasteiger partial charge < -0.3 is 14.2 Å². The molecule has 1 heterocycles. The first-order chi connectivity index (χ1) is 7.02. The van der Waals surface area contributed by atoms with E-state index in [1.165, 1.54) is 13.2 Å². The van der Waals surface area contributed by atoms with Gasteiger partial charge in [0.25, 0.3) is 0 Å². The summed E-state index contributed by atoms with van der Waals surface area (Å²) in [4.78, 5) is 10.6. The molecule has 0 radical (unpaired) electrons. The number of hydrogen-bond acceptors (Lipinski definition) is 4. The van der Waals surface area contributed by atoms with Crippen molar-refractivity contribution in [3.63, 3.8) is 0 Å². The number of allylic oxidation sites excluding steroid dienone is 1. The van der Waals surface area contributed by atoms with Gasteiger partial charge in [-0.05, 0) is 25.8 Å². The minimum Gasteiger partial charge on any atom is -0.435 e. The first kappa shape index (κ1) is 12.2. The van der Waals surface area contributed by atoms with Crippen LogP contribution >= 0.6 is 0 Å². The number of esters is 1. The molecule has 0 atom stereocenters. The zero-order valence-electron chi connectivity index (χ0n) is 9.54. The van der Waals surface area contributed by atoms with Crippen LogP contribution in [0.1, 0.15) is 33.6 Å². The Bertz CT molecular complexity index is 251. The van der Waals surface area contributed by atoms with Gasteiger partial charge in [0.15, 0.2) is 5.79 Å². The van der Waals surface area contributed by atoms with Gasteiger partial charge in [-0.25, -0.2) is 0 Å². The van der Waals surface area contributed by atoms with E-state index in [0.717, 1.165) is 18.4 Å². The fraction of sp³-hybridized carbons (Fsp3) is 0.727. The summed E-state index contributed by atoms with van der Waals surface area (Å²) in [5, 5.41) is 0. The highest BCUT2D eigenvalue weighted by molar-refractivity contribution is 5.66. The Morgan fingerprint density at radius 2 is 2.00 bits per heavy atom. The zero-order chi connectivity index (χ0) is 11.3. The van der Waals surface area contributed by atoms with Crippen LogP contribution in [0.4, 0.5) is 0 Å². The lowest BCUT2D eigenvalue weighted by molar-refractivity contribution is -0.146. The van der Waals surface area contributed by atoms with E-state index in [1.807, 2.05) is 13.8 Å². The fourth-order valence-electron chi connectivity index (χ4n) is 1.37. The van der Waals surface area contributed by atoms with Crippen LogP contribution in [0, 0.1) is 0 Å². The van der Waals surface area contributed by atoms with Crippen LogP contribution in [0.15, 0.2) is 11.8 Å². The largest absolute Gasteiger partial charge is 0.435 e. The maximum Gasteiger partial charge on any atom is 0.307 e. The minimum absolute atomic E-state index is 0.297. The highest BCUT2D eigenvalue weighted by atomic mass is 16.7. The SMILES string of the molecule is CC(=O)O/C=C(/C)CCC1(C)OCCO1. The van der Waals surface area contributed by atoms with Gasteiger partial charge in [0.1, 0.15) is 0 Å². The predicted molar refractivity (Wildman–Crippen MR) is 55.1 cm³/mol. The van der Waals surface area contributed by atoms with Crippen molar-refractivity contribution in [1.29, 1.82) is 0 Å². The Morgan fingerprint density at radius 3 is 2.53 bits per heavy atom. The first-order valence-corrected chi connectivity index (χ1v) is 5.13. The molecule has 0 aromatic rings. The van der Waals surface area contributed by atoms with Gasteiger partial charge in [-0.2, -0.15) is 0 Å². The molecule has 15 heavy (non-hydrogen) atoms. The summed E-state index contributed by atoms with van der Waals surface area (Å²) in [6.45, 7) is 6.54. The van der Waals surface area contributed by atoms with Crippen LogP contribution in [-0.4, -0.2) is 25.0 Å². The van der Waals surface area contributed by atoms with Gasteiger partial charge in [-0.1, -0.05) is 0 Å². The molecule has 0 amide bonds. The van der Waals surface area contributed by atoms with Crippen molar-refractivity contribution >= 4 is 5.97 Å². The predicted octanol–water partition coefficient (Wildman–Crippen LogP) is 2.00. The third kappa shape index (κ3) is 4.44. The summed E-state index contributed by atoms with van der Waals surface area (Å²) in [6.07, 6.45) is 3.06. The van der Waals surface area contributed by atoms with E-state index in [0.29, 0.717) is 13.2 Å². The second-order valence-electron chi connectivity index (χ2n) is 3.90. The van der Waals surface area contributed by atoms with Crippen LogP contribution in [0.3, 0.4) is 0 Å². The number of ether oxygens (including phenoxy) is 3. The smallest absolute Gasteiger partial charge is 0.307 e. The molecular formula is C11H18O4. The molecule has 0 saturated carbocycles. The molecule has 1 aliphatic rings. The average Bonchev–Trinajstić information content (AvgIpc) is 2.60. The van der Waals surface area contributed by atoms with Crippen LogP contribution in [0.5, 0.6) is 0 Å². The molecule has 1 aliphatic heterocycles. The molecule has 4 heteroatoms. The standard InChI is InChI=1S/C11H18O4/c1-9(8-13-10(2)12)4-5-11(3)14-6-7-15-11/h8H,4-7H2,1-3H3/b9-8-. The van der Waals surface area contributed by atoms with Crippen molar-refractivity contribution in [2.45, 2.75) is 39.4 Å². The normalized spacial score (nSPS) is 20.3. The molecule has 1 rings (SSSR count). The number of carbonyl (C=O) groups excluding carboxylic acids is 1. The molecule has 0 spiro atoms. The summed E-state index contributed by atoms with van der Waals surface area (Å²) in [7, 11) is 0. The quantitative estimate of drug-likeness (QED) is 0.530. The number of hydrogen-bond donors (Lipinski definition) is 0. The van der Waals surface area contributed by atoms with Gasteiger partial charge in [-0.15, -0.1) is 0 Å². The van der Waals surface area contributed by atoms with Crippen molar-refractivity contribution < 1.29 is 19.0 Å². The molecule has 1 fully saturated rings. The molecular weight excluding hydrogens is 196 g/mol. The van der Waals surface area contributed by atoms with Crippen molar-refractivity contribution in [2.75, 3.05) is 13.2 Å². The fourth-order valence-corrected chi connectivity index (χ4v) is 1.37. The lowest BCUT2D eigenvalue weighted by Crippen LogP contribution is -2.25. The van der Waals surface area contributed by atoms with Crippen LogP contribution in [0.25, 0.3) is 0 Å². The molecule has 0 N–H and O–H groups in total. The summed E-state index contributed by atoms with van der Waals surface area (Å²) >= 11 is 0. The summed E-state index contributed by atoms with van der Waals surface area (Å²) < 4.78 is 15.7. The Labute approximate surface area is 90.2 Å². The molecule has 0 aliphatic carbocycles. The number of rotatable bonds is 4. The van der Waals surface area contributed by atoms with E-state index in [4.69, 9.17) is 14.2 Å². The van der Waals surface area contributed by atoms with Gasteiger partial charge >= 0.3 is 5.97 Å². The summed E-state index contributed by atoms with van der Waals surface area (Å²) in [6, 6.07) is 0. The van der Waals surface area contributed by atoms with Crippen LogP contribution in [0.2, 0.25) is 0 Å². The summed E-state index contributed by atoms with van der Waals surface area (Å²) in [5.74, 6) is -0.764. The van der Waals surface area contributed by atoms with Crippen molar-refractivity contribution in [3.8, 4) is 0 Å². The monoisotopic (exact) mass is 214 g/mol. The number of carbonyl (C=O) groups is 1. The maximum absolute atomic E-state index is 10.6. The van der Waals surface area contributed by atoms with Gasteiger partial charge in [0.2, 0.25) is 0 Å². The Balaban J connectivity index is 2.29. The van der Waals surface area contributed by atoms with Gasteiger partial charge in [0, 0.05) is 13.3 Å². The Hall–Kier alpha value is -0.870. The molecule has 0 aromatic carbocycles. The molecule has 1 saturated heterocycles. The third-order valence-corrected chi connectivity index (χ3v) is 2.30.